The van der Waals surface area contributed by atoms with Gasteiger partial charge in [0.15, 0.2) is 0 Å². The number of carbonyl (C=O) groups excluding carboxylic acids is 2. The average molecular weight is 491 g/mol. The summed E-state index contributed by atoms with van der Waals surface area (Å²) in [6.07, 6.45) is 1.57. The van der Waals surface area contributed by atoms with Crippen LogP contribution < -0.4 is 0 Å². The van der Waals surface area contributed by atoms with E-state index in [-0.39, 0.29) is 24.8 Å². The van der Waals surface area contributed by atoms with E-state index in [1.165, 1.54) is 14.2 Å². The molecule has 0 amide bonds. The first kappa shape index (κ1) is 24.5. The Morgan fingerprint density at radius 2 is 0.973 bits per heavy atom. The van der Waals surface area contributed by atoms with Crippen LogP contribution in [0, 0.1) is 0 Å². The minimum Gasteiger partial charge on any atom is -0.469 e. The van der Waals surface area contributed by atoms with E-state index >= 15 is 0 Å². The Labute approximate surface area is 217 Å². The molecule has 4 aromatic carbocycles. The monoisotopic (exact) mass is 490 g/mol. The third-order valence-electron chi connectivity index (χ3n) is 7.54. The van der Waals surface area contributed by atoms with Gasteiger partial charge in [-0.2, -0.15) is 0 Å². The number of rotatable bonds is 8. The van der Waals surface area contributed by atoms with Crippen LogP contribution in [-0.2, 0) is 24.5 Å². The SMILES string of the molecule is COC(=O)CCC1(CCC(=O)OC)c2cc(-c3ccccc3)ccc2-c2ccc(-c3ccccc3)cc21. The summed E-state index contributed by atoms with van der Waals surface area (Å²) in [5.74, 6) is -0.517. The second-order valence-corrected chi connectivity index (χ2v) is 9.49. The molecular weight excluding hydrogens is 460 g/mol. The molecule has 0 aliphatic heterocycles. The molecule has 4 heteroatoms. The van der Waals surface area contributed by atoms with E-state index in [0.29, 0.717) is 12.8 Å². The Hall–Kier alpha value is -4.18. The lowest BCUT2D eigenvalue weighted by molar-refractivity contribution is -0.141. The molecule has 0 spiro atoms. The molecule has 1 aliphatic carbocycles. The van der Waals surface area contributed by atoms with Crippen molar-refractivity contribution in [2.75, 3.05) is 14.2 Å². The zero-order valence-corrected chi connectivity index (χ0v) is 21.2. The molecule has 0 unspecified atom stereocenters. The first-order valence-corrected chi connectivity index (χ1v) is 12.6. The minimum atomic E-state index is -0.539. The second-order valence-electron chi connectivity index (χ2n) is 9.49. The van der Waals surface area contributed by atoms with Gasteiger partial charge in [-0.15, -0.1) is 0 Å². The van der Waals surface area contributed by atoms with Gasteiger partial charge in [-0.05, 0) is 69.5 Å². The summed E-state index contributed by atoms with van der Waals surface area (Å²) in [5.41, 5.74) is 8.49. The molecule has 0 fully saturated rings. The highest BCUT2D eigenvalue weighted by Crippen LogP contribution is 2.55. The third kappa shape index (κ3) is 4.67. The summed E-state index contributed by atoms with van der Waals surface area (Å²) < 4.78 is 10.1. The molecule has 0 saturated carbocycles. The fourth-order valence-corrected chi connectivity index (χ4v) is 5.61. The lowest BCUT2D eigenvalue weighted by Crippen LogP contribution is -2.28. The molecule has 0 radical (unpaired) electrons. The van der Waals surface area contributed by atoms with Gasteiger partial charge in [-0.1, -0.05) is 84.9 Å². The maximum atomic E-state index is 12.4. The van der Waals surface area contributed by atoms with Gasteiger partial charge in [0, 0.05) is 18.3 Å². The second kappa shape index (κ2) is 10.4. The molecular formula is C33H30O4. The van der Waals surface area contributed by atoms with Crippen LogP contribution in [-0.4, -0.2) is 26.2 Å². The van der Waals surface area contributed by atoms with E-state index < -0.39 is 5.41 Å². The number of methoxy groups -OCH3 is 2. The third-order valence-corrected chi connectivity index (χ3v) is 7.54. The molecule has 186 valence electrons. The van der Waals surface area contributed by atoms with Crippen LogP contribution in [0.3, 0.4) is 0 Å². The maximum absolute atomic E-state index is 12.4. The summed E-state index contributed by atoms with van der Waals surface area (Å²) in [5, 5.41) is 0. The summed E-state index contributed by atoms with van der Waals surface area (Å²) in [4.78, 5) is 24.8. The number of hydrogen-bond donors (Lipinski definition) is 0. The number of fused-ring (bicyclic) bond motifs is 3. The lowest BCUT2D eigenvalue weighted by Gasteiger charge is -2.32. The first-order chi connectivity index (χ1) is 18.1. The first-order valence-electron chi connectivity index (χ1n) is 12.6. The van der Waals surface area contributed by atoms with Gasteiger partial charge in [-0.3, -0.25) is 9.59 Å². The van der Waals surface area contributed by atoms with Crippen molar-refractivity contribution in [3.63, 3.8) is 0 Å². The zero-order valence-electron chi connectivity index (χ0n) is 21.2. The Balaban J connectivity index is 1.71. The van der Waals surface area contributed by atoms with Crippen LogP contribution in [0.2, 0.25) is 0 Å². The fraction of sp³-hybridized carbons (Fsp3) is 0.212. The van der Waals surface area contributed by atoms with E-state index in [0.717, 1.165) is 44.5 Å². The normalized spacial score (nSPS) is 12.9. The van der Waals surface area contributed by atoms with Gasteiger partial charge >= 0.3 is 11.9 Å². The highest BCUT2D eigenvalue weighted by molar-refractivity contribution is 5.87. The maximum Gasteiger partial charge on any atom is 0.305 e. The number of hydrogen-bond acceptors (Lipinski definition) is 4. The van der Waals surface area contributed by atoms with Crippen molar-refractivity contribution in [1.29, 1.82) is 0 Å². The summed E-state index contributed by atoms with van der Waals surface area (Å²) >= 11 is 0. The van der Waals surface area contributed by atoms with Crippen LogP contribution in [0.4, 0.5) is 0 Å². The fourth-order valence-electron chi connectivity index (χ4n) is 5.61. The molecule has 0 heterocycles. The number of benzene rings is 4. The van der Waals surface area contributed by atoms with Crippen molar-refractivity contribution in [3.05, 3.63) is 108 Å². The lowest BCUT2D eigenvalue weighted by atomic mass is 9.70. The molecule has 37 heavy (non-hydrogen) atoms. The van der Waals surface area contributed by atoms with Crippen molar-refractivity contribution in [2.24, 2.45) is 0 Å². The van der Waals surface area contributed by atoms with Crippen LogP contribution in [0.25, 0.3) is 33.4 Å². The van der Waals surface area contributed by atoms with Gasteiger partial charge in [0.25, 0.3) is 0 Å². The van der Waals surface area contributed by atoms with Crippen LogP contribution >= 0.6 is 0 Å². The van der Waals surface area contributed by atoms with Crippen molar-refractivity contribution in [3.8, 4) is 33.4 Å². The summed E-state index contributed by atoms with van der Waals surface area (Å²) in [7, 11) is 2.84. The molecule has 4 aromatic rings. The number of esters is 2. The molecule has 1 aliphatic rings. The largest absolute Gasteiger partial charge is 0.469 e. The minimum absolute atomic E-state index is 0.252. The molecule has 5 rings (SSSR count). The number of carbonyl (C=O) groups is 2. The van der Waals surface area contributed by atoms with Gasteiger partial charge in [0.2, 0.25) is 0 Å². The van der Waals surface area contributed by atoms with Crippen LogP contribution in [0.1, 0.15) is 36.8 Å². The van der Waals surface area contributed by atoms with E-state index in [4.69, 9.17) is 9.47 Å². The Bertz CT molecular complexity index is 1310. The number of ether oxygens (including phenoxy) is 2. The van der Waals surface area contributed by atoms with Crippen molar-refractivity contribution >= 4 is 11.9 Å². The van der Waals surface area contributed by atoms with Crippen LogP contribution in [0.15, 0.2) is 97.1 Å². The quantitative estimate of drug-likeness (QED) is 0.245. The predicted octanol–water partition coefficient (Wildman–Crippen LogP) is 7.19. The van der Waals surface area contributed by atoms with Gasteiger partial charge in [0.05, 0.1) is 14.2 Å². The van der Waals surface area contributed by atoms with Crippen molar-refractivity contribution in [2.45, 2.75) is 31.1 Å². The highest BCUT2D eigenvalue weighted by Gasteiger charge is 2.44. The summed E-state index contributed by atoms with van der Waals surface area (Å²) in [6, 6.07) is 33.7. The average Bonchev–Trinajstić information content (AvgIpc) is 3.24. The molecule has 0 N–H and O–H groups in total. The van der Waals surface area contributed by atoms with Crippen LogP contribution in [0.5, 0.6) is 0 Å². The Morgan fingerprint density at radius 1 is 0.568 bits per heavy atom. The Morgan fingerprint density at radius 3 is 1.35 bits per heavy atom. The topological polar surface area (TPSA) is 52.6 Å². The van der Waals surface area contributed by atoms with E-state index in [2.05, 4.69) is 60.7 Å². The highest BCUT2D eigenvalue weighted by atomic mass is 16.5. The summed E-state index contributed by atoms with van der Waals surface area (Å²) in [6.45, 7) is 0. The van der Waals surface area contributed by atoms with Gasteiger partial charge < -0.3 is 9.47 Å². The van der Waals surface area contributed by atoms with E-state index in [1.54, 1.807) is 0 Å². The van der Waals surface area contributed by atoms with Gasteiger partial charge in [0.1, 0.15) is 0 Å². The smallest absolute Gasteiger partial charge is 0.305 e. The molecule has 0 bridgehead atoms. The predicted molar refractivity (Wildman–Crippen MR) is 146 cm³/mol. The molecule has 0 saturated heterocycles. The standard InChI is InChI=1S/C33H30O4/c1-36-31(34)17-19-33(20-18-32(35)37-2)29-21-25(23-9-5-3-6-10-23)13-15-27(29)28-16-14-26(22-30(28)33)24-11-7-4-8-12-24/h3-16,21-22H,17-20H2,1-2H3. The zero-order chi connectivity index (χ0) is 25.8. The molecule has 0 atom stereocenters. The van der Waals surface area contributed by atoms with Gasteiger partial charge in [-0.25, -0.2) is 0 Å². The molecule has 4 nitrogen and oxygen atoms in total. The van der Waals surface area contributed by atoms with Crippen molar-refractivity contribution < 1.29 is 19.1 Å². The van der Waals surface area contributed by atoms with E-state index in [9.17, 15) is 9.59 Å². The van der Waals surface area contributed by atoms with E-state index in [1.807, 2.05) is 36.4 Å². The molecule has 0 aromatic heterocycles. The van der Waals surface area contributed by atoms with Crippen molar-refractivity contribution in [1.82, 2.24) is 0 Å². The Kier molecular flexibility index (Phi) is 6.91.